The van der Waals surface area contributed by atoms with Crippen molar-refractivity contribution in [1.82, 2.24) is 4.90 Å². The first-order valence-corrected chi connectivity index (χ1v) is 14.9. The second kappa shape index (κ2) is 12.1. The molecule has 3 N–H and O–H groups in total. The molecule has 1 aliphatic heterocycles. The second-order valence-electron chi connectivity index (χ2n) is 9.61. The Bertz CT molecular complexity index is 1590. The van der Waals surface area contributed by atoms with Crippen molar-refractivity contribution in [2.24, 2.45) is 0 Å². The van der Waals surface area contributed by atoms with Crippen LogP contribution in [-0.4, -0.2) is 70.0 Å². The summed E-state index contributed by atoms with van der Waals surface area (Å²) in [5, 5.41) is 2.95. The van der Waals surface area contributed by atoms with Crippen LogP contribution in [0, 0.1) is 5.82 Å². The summed E-state index contributed by atoms with van der Waals surface area (Å²) in [5.41, 5.74) is 7.69. The standard InChI is InChI=1S/C28H29ClFN5O5S/c1-18(36)32-21-5-7-22(8-6-21)35(28(38)19-3-9-23(29)24(31)15-19)17-27(37)34-13-11-33(12-14-34)25-10-4-20(30)16-26(25)41(2,39)40/h3-10,15-16H,11-14,17,31H2,1-2H3,(H,32,36). The zero-order valence-electron chi connectivity index (χ0n) is 22.4. The molecule has 0 aliphatic carbocycles. The number of rotatable bonds is 7. The number of nitrogen functional groups attached to an aromatic ring is 1. The molecule has 1 aliphatic rings. The molecule has 0 aromatic heterocycles. The molecule has 216 valence electrons. The average molecular weight is 602 g/mol. The van der Waals surface area contributed by atoms with Crippen LogP contribution < -0.4 is 20.9 Å². The predicted molar refractivity (Wildman–Crippen MR) is 157 cm³/mol. The van der Waals surface area contributed by atoms with Crippen LogP contribution in [0.15, 0.2) is 65.6 Å². The summed E-state index contributed by atoms with van der Waals surface area (Å²) >= 11 is 6.02. The minimum atomic E-state index is -3.68. The third kappa shape index (κ3) is 7.14. The molecule has 1 saturated heterocycles. The van der Waals surface area contributed by atoms with Gasteiger partial charge in [-0.05, 0) is 60.7 Å². The van der Waals surface area contributed by atoms with Crippen molar-refractivity contribution in [2.45, 2.75) is 11.8 Å². The minimum Gasteiger partial charge on any atom is -0.398 e. The average Bonchev–Trinajstić information content (AvgIpc) is 2.92. The maximum atomic E-state index is 13.8. The van der Waals surface area contributed by atoms with E-state index in [1.54, 1.807) is 34.1 Å². The van der Waals surface area contributed by atoms with E-state index in [0.29, 0.717) is 35.2 Å². The number of carbonyl (C=O) groups excluding carboxylic acids is 3. The molecule has 1 fully saturated rings. The molecule has 0 saturated carbocycles. The molecule has 10 nitrogen and oxygen atoms in total. The summed E-state index contributed by atoms with van der Waals surface area (Å²) in [5.74, 6) is -1.70. The number of nitrogens with two attached hydrogens (primary N) is 1. The topological polar surface area (TPSA) is 133 Å². The fourth-order valence-electron chi connectivity index (χ4n) is 4.52. The maximum absolute atomic E-state index is 13.8. The van der Waals surface area contributed by atoms with E-state index in [-0.39, 0.29) is 47.6 Å². The number of anilines is 4. The summed E-state index contributed by atoms with van der Waals surface area (Å²) in [6.07, 6.45) is 1.02. The fourth-order valence-corrected chi connectivity index (χ4v) is 5.54. The van der Waals surface area contributed by atoms with Crippen molar-refractivity contribution >= 4 is 61.9 Å². The van der Waals surface area contributed by atoms with E-state index in [0.717, 1.165) is 12.3 Å². The van der Waals surface area contributed by atoms with Gasteiger partial charge < -0.3 is 20.9 Å². The van der Waals surface area contributed by atoms with Gasteiger partial charge in [0.15, 0.2) is 9.84 Å². The van der Waals surface area contributed by atoms with Gasteiger partial charge in [-0.25, -0.2) is 12.8 Å². The van der Waals surface area contributed by atoms with Crippen molar-refractivity contribution in [1.29, 1.82) is 0 Å². The van der Waals surface area contributed by atoms with Gasteiger partial charge in [0.1, 0.15) is 12.4 Å². The first-order chi connectivity index (χ1) is 19.3. The van der Waals surface area contributed by atoms with Crippen molar-refractivity contribution in [3.63, 3.8) is 0 Å². The lowest BCUT2D eigenvalue weighted by molar-refractivity contribution is -0.130. The van der Waals surface area contributed by atoms with Gasteiger partial charge in [0, 0.05) is 56.3 Å². The first kappa shape index (κ1) is 29.8. The van der Waals surface area contributed by atoms with Gasteiger partial charge in [0.25, 0.3) is 5.91 Å². The van der Waals surface area contributed by atoms with Crippen LogP contribution in [0.1, 0.15) is 17.3 Å². The maximum Gasteiger partial charge on any atom is 0.258 e. The Balaban J connectivity index is 1.54. The van der Waals surface area contributed by atoms with Gasteiger partial charge in [-0.15, -0.1) is 0 Å². The number of carbonyl (C=O) groups is 3. The van der Waals surface area contributed by atoms with Crippen LogP contribution >= 0.6 is 11.6 Å². The first-order valence-electron chi connectivity index (χ1n) is 12.6. The van der Waals surface area contributed by atoms with Gasteiger partial charge in [-0.1, -0.05) is 11.6 Å². The fraction of sp³-hybridized carbons (Fsp3) is 0.250. The number of sulfone groups is 1. The van der Waals surface area contributed by atoms with E-state index in [1.165, 1.54) is 42.2 Å². The molecule has 0 radical (unpaired) electrons. The Morgan fingerprint density at radius 2 is 1.66 bits per heavy atom. The highest BCUT2D eigenvalue weighted by Gasteiger charge is 2.28. The Morgan fingerprint density at radius 1 is 1.00 bits per heavy atom. The van der Waals surface area contributed by atoms with Gasteiger partial charge in [-0.2, -0.15) is 0 Å². The monoisotopic (exact) mass is 601 g/mol. The van der Waals surface area contributed by atoms with Gasteiger partial charge in [-0.3, -0.25) is 19.3 Å². The highest BCUT2D eigenvalue weighted by Crippen LogP contribution is 2.28. The Hall–Kier alpha value is -4.16. The van der Waals surface area contributed by atoms with Crippen LogP contribution in [0.4, 0.5) is 27.1 Å². The van der Waals surface area contributed by atoms with Crippen molar-refractivity contribution in [2.75, 3.05) is 59.8 Å². The normalized spacial score (nSPS) is 13.6. The van der Waals surface area contributed by atoms with Crippen molar-refractivity contribution in [3.05, 3.63) is 77.1 Å². The molecule has 13 heteroatoms. The van der Waals surface area contributed by atoms with Gasteiger partial charge in [0.05, 0.1) is 21.3 Å². The highest BCUT2D eigenvalue weighted by atomic mass is 35.5. The molecular formula is C28H29ClFN5O5S. The number of halogens is 2. The van der Waals surface area contributed by atoms with E-state index in [2.05, 4.69) is 5.32 Å². The Labute approximate surface area is 242 Å². The van der Waals surface area contributed by atoms with E-state index in [1.807, 2.05) is 0 Å². The number of nitrogens with one attached hydrogen (secondary N) is 1. The molecule has 4 rings (SSSR count). The summed E-state index contributed by atoms with van der Waals surface area (Å²) in [6.45, 7) is 2.24. The lowest BCUT2D eigenvalue weighted by atomic mass is 10.1. The molecule has 1 heterocycles. The number of piperazine rings is 1. The number of nitrogens with zero attached hydrogens (tertiary/aromatic N) is 3. The molecule has 3 aromatic rings. The van der Waals surface area contributed by atoms with Gasteiger partial charge in [0.2, 0.25) is 11.8 Å². The second-order valence-corrected chi connectivity index (χ2v) is 12.0. The largest absolute Gasteiger partial charge is 0.398 e. The quantitative estimate of drug-likeness (QED) is 0.397. The van der Waals surface area contributed by atoms with Gasteiger partial charge >= 0.3 is 0 Å². The van der Waals surface area contributed by atoms with Crippen LogP contribution in [-0.2, 0) is 19.4 Å². The zero-order chi connectivity index (χ0) is 29.9. The van der Waals surface area contributed by atoms with E-state index in [9.17, 15) is 27.2 Å². The predicted octanol–water partition coefficient (Wildman–Crippen LogP) is 3.42. The Kier molecular flexibility index (Phi) is 8.83. The summed E-state index contributed by atoms with van der Waals surface area (Å²) in [7, 11) is -3.68. The smallest absolute Gasteiger partial charge is 0.258 e. The number of benzene rings is 3. The summed E-state index contributed by atoms with van der Waals surface area (Å²) < 4.78 is 38.3. The molecule has 0 bridgehead atoms. The zero-order valence-corrected chi connectivity index (χ0v) is 24.0. The molecule has 0 unspecified atom stereocenters. The van der Waals surface area contributed by atoms with Crippen molar-refractivity contribution in [3.8, 4) is 0 Å². The Morgan fingerprint density at radius 3 is 2.24 bits per heavy atom. The molecule has 0 atom stereocenters. The van der Waals surface area contributed by atoms with Crippen LogP contribution in [0.25, 0.3) is 0 Å². The summed E-state index contributed by atoms with van der Waals surface area (Å²) in [4.78, 5) is 43.0. The molecular weight excluding hydrogens is 573 g/mol. The van der Waals surface area contributed by atoms with E-state index in [4.69, 9.17) is 17.3 Å². The lowest BCUT2D eigenvalue weighted by Gasteiger charge is -2.37. The highest BCUT2D eigenvalue weighted by molar-refractivity contribution is 7.90. The third-order valence-electron chi connectivity index (χ3n) is 6.58. The summed E-state index contributed by atoms with van der Waals surface area (Å²) in [6, 6.07) is 14.6. The van der Waals surface area contributed by atoms with Crippen LogP contribution in [0.3, 0.4) is 0 Å². The number of hydrogen-bond acceptors (Lipinski definition) is 7. The SMILES string of the molecule is CC(=O)Nc1ccc(N(CC(=O)N2CCN(c3ccc(F)cc3S(C)(=O)=O)CC2)C(=O)c2ccc(Cl)c(N)c2)cc1. The van der Waals surface area contributed by atoms with E-state index < -0.39 is 21.6 Å². The molecule has 3 amide bonds. The van der Waals surface area contributed by atoms with Crippen molar-refractivity contribution < 1.29 is 27.2 Å². The molecule has 41 heavy (non-hydrogen) atoms. The lowest BCUT2D eigenvalue weighted by Crippen LogP contribution is -2.52. The van der Waals surface area contributed by atoms with Crippen LogP contribution in [0.5, 0.6) is 0 Å². The van der Waals surface area contributed by atoms with Crippen LogP contribution in [0.2, 0.25) is 5.02 Å². The molecule has 3 aromatic carbocycles. The number of amides is 3. The molecule has 0 spiro atoms. The minimum absolute atomic E-state index is 0.112. The number of hydrogen-bond donors (Lipinski definition) is 2. The third-order valence-corrected chi connectivity index (χ3v) is 8.05. The van der Waals surface area contributed by atoms with E-state index >= 15 is 0 Å².